The van der Waals surface area contributed by atoms with E-state index in [0.29, 0.717) is 4.91 Å². The highest BCUT2D eigenvalue weighted by Gasteiger charge is 2.27. The Balaban J connectivity index is 1.60. The summed E-state index contributed by atoms with van der Waals surface area (Å²) in [5.74, 6) is 0.518. The van der Waals surface area contributed by atoms with Crippen LogP contribution in [0.2, 0.25) is 0 Å². The van der Waals surface area contributed by atoms with Crippen molar-refractivity contribution in [1.29, 1.82) is 0 Å². The molecule has 4 nitrogen and oxygen atoms in total. The van der Waals surface area contributed by atoms with Crippen LogP contribution in [0.15, 0.2) is 29.2 Å². The molecule has 1 saturated heterocycles. The van der Waals surface area contributed by atoms with Crippen LogP contribution in [-0.2, 0) is 4.79 Å². The van der Waals surface area contributed by atoms with Crippen molar-refractivity contribution in [2.24, 2.45) is 5.41 Å². The highest BCUT2D eigenvalue weighted by molar-refractivity contribution is 8.18. The van der Waals surface area contributed by atoms with Gasteiger partial charge in [0.05, 0.1) is 11.5 Å². The molecule has 1 aliphatic carbocycles. The molecule has 1 heterocycles. The number of hydrogen-bond acceptors (Lipinski definition) is 4. The van der Waals surface area contributed by atoms with E-state index in [9.17, 15) is 9.59 Å². The van der Waals surface area contributed by atoms with E-state index in [1.807, 2.05) is 24.3 Å². The lowest BCUT2D eigenvalue weighted by molar-refractivity contribution is -0.115. The molecule has 2 amide bonds. The van der Waals surface area contributed by atoms with Gasteiger partial charge in [0.2, 0.25) is 0 Å². The van der Waals surface area contributed by atoms with Crippen LogP contribution in [0.3, 0.4) is 0 Å². The van der Waals surface area contributed by atoms with E-state index >= 15 is 0 Å². The van der Waals surface area contributed by atoms with Gasteiger partial charge in [-0.25, -0.2) is 0 Å². The molecule has 0 atom stereocenters. The van der Waals surface area contributed by atoms with E-state index < -0.39 is 0 Å². The topological polar surface area (TPSA) is 55.4 Å². The third kappa shape index (κ3) is 4.16. The number of thioether (sulfide) groups is 1. The smallest absolute Gasteiger partial charge is 0.290 e. The summed E-state index contributed by atoms with van der Waals surface area (Å²) in [6.45, 7) is 3.05. The summed E-state index contributed by atoms with van der Waals surface area (Å²) in [6.07, 6.45) is 8.12. The summed E-state index contributed by atoms with van der Waals surface area (Å²) in [7, 11) is 0. The second kappa shape index (κ2) is 6.79. The highest BCUT2D eigenvalue weighted by atomic mass is 32.2. The number of imide groups is 1. The molecule has 1 aromatic carbocycles. The number of ether oxygens (including phenoxy) is 1. The van der Waals surface area contributed by atoms with Crippen LogP contribution in [0, 0.1) is 5.41 Å². The fourth-order valence-electron chi connectivity index (χ4n) is 3.04. The van der Waals surface area contributed by atoms with E-state index in [2.05, 4.69) is 12.2 Å². The van der Waals surface area contributed by atoms with Gasteiger partial charge in [0.25, 0.3) is 11.1 Å². The predicted molar refractivity (Wildman–Crippen MR) is 92.2 cm³/mol. The van der Waals surface area contributed by atoms with Gasteiger partial charge in [-0.3, -0.25) is 14.9 Å². The van der Waals surface area contributed by atoms with Crippen molar-refractivity contribution >= 4 is 29.0 Å². The molecule has 1 saturated carbocycles. The first-order chi connectivity index (χ1) is 11.0. The van der Waals surface area contributed by atoms with Gasteiger partial charge >= 0.3 is 0 Å². The first-order valence-corrected chi connectivity index (χ1v) is 8.84. The lowest BCUT2D eigenvalue weighted by Gasteiger charge is -2.33. The standard InChI is InChI=1S/C18H21NO3S/c1-18(9-3-2-4-10-18)12-22-14-7-5-13(6-8-14)11-15-16(20)19-17(21)23-15/h5-8,11H,2-4,9-10,12H2,1H3,(H,19,20,21)/b15-11-. The normalized spacial score (nSPS) is 22.2. The van der Waals surface area contributed by atoms with Crippen LogP contribution in [0.25, 0.3) is 6.08 Å². The van der Waals surface area contributed by atoms with Gasteiger partial charge in [0.15, 0.2) is 0 Å². The van der Waals surface area contributed by atoms with Crippen LogP contribution in [0.4, 0.5) is 4.79 Å². The Morgan fingerprint density at radius 1 is 1.17 bits per heavy atom. The van der Waals surface area contributed by atoms with E-state index in [4.69, 9.17) is 4.74 Å². The third-order valence-electron chi connectivity index (χ3n) is 4.47. The zero-order valence-corrected chi connectivity index (χ0v) is 14.1. The van der Waals surface area contributed by atoms with Crippen molar-refractivity contribution in [3.63, 3.8) is 0 Å². The molecule has 0 radical (unpaired) electrons. The molecule has 122 valence electrons. The van der Waals surface area contributed by atoms with Crippen molar-refractivity contribution in [2.45, 2.75) is 39.0 Å². The van der Waals surface area contributed by atoms with Crippen LogP contribution in [0.5, 0.6) is 5.75 Å². The second-order valence-corrected chi connectivity index (χ2v) is 7.60. The molecule has 0 bridgehead atoms. The molecule has 1 aliphatic heterocycles. The number of nitrogens with one attached hydrogen (secondary N) is 1. The Morgan fingerprint density at radius 3 is 2.48 bits per heavy atom. The summed E-state index contributed by atoms with van der Waals surface area (Å²) < 4.78 is 5.95. The molecule has 3 rings (SSSR count). The summed E-state index contributed by atoms with van der Waals surface area (Å²) >= 11 is 0.931. The monoisotopic (exact) mass is 331 g/mol. The molecule has 1 N–H and O–H groups in total. The Morgan fingerprint density at radius 2 is 1.87 bits per heavy atom. The van der Waals surface area contributed by atoms with E-state index in [1.54, 1.807) is 6.08 Å². The Kier molecular flexibility index (Phi) is 4.76. The van der Waals surface area contributed by atoms with Crippen molar-refractivity contribution in [2.75, 3.05) is 6.61 Å². The first kappa shape index (κ1) is 16.1. The predicted octanol–water partition coefficient (Wildman–Crippen LogP) is 4.36. The quantitative estimate of drug-likeness (QED) is 0.833. The molecular formula is C18H21NO3S. The minimum Gasteiger partial charge on any atom is -0.493 e. The SMILES string of the molecule is CC1(COc2ccc(/C=C3\SC(=O)NC3=O)cc2)CCCCC1. The molecule has 1 aromatic rings. The average molecular weight is 331 g/mol. The Labute approximate surface area is 140 Å². The number of rotatable bonds is 4. The molecule has 2 fully saturated rings. The molecule has 0 spiro atoms. The molecular weight excluding hydrogens is 310 g/mol. The van der Waals surface area contributed by atoms with Crippen molar-refractivity contribution in [1.82, 2.24) is 5.32 Å². The lowest BCUT2D eigenvalue weighted by atomic mass is 9.76. The number of benzene rings is 1. The second-order valence-electron chi connectivity index (χ2n) is 6.58. The van der Waals surface area contributed by atoms with E-state index in [-0.39, 0.29) is 16.6 Å². The van der Waals surface area contributed by atoms with Gasteiger partial charge in [0.1, 0.15) is 5.75 Å². The van der Waals surface area contributed by atoms with Crippen LogP contribution in [0.1, 0.15) is 44.6 Å². The lowest BCUT2D eigenvalue weighted by Crippen LogP contribution is -2.27. The van der Waals surface area contributed by atoms with Gasteiger partial charge in [-0.2, -0.15) is 0 Å². The maximum Gasteiger partial charge on any atom is 0.290 e. The minimum absolute atomic E-state index is 0.290. The molecule has 0 unspecified atom stereocenters. The maximum atomic E-state index is 11.5. The summed E-state index contributed by atoms with van der Waals surface area (Å²) in [6, 6.07) is 7.64. The summed E-state index contributed by atoms with van der Waals surface area (Å²) in [5.41, 5.74) is 1.17. The van der Waals surface area contributed by atoms with Crippen LogP contribution >= 0.6 is 11.8 Å². The zero-order valence-electron chi connectivity index (χ0n) is 13.3. The van der Waals surface area contributed by atoms with Crippen LogP contribution < -0.4 is 10.1 Å². The number of amides is 2. The molecule has 2 aliphatic rings. The molecule has 5 heteroatoms. The first-order valence-electron chi connectivity index (χ1n) is 8.02. The van der Waals surface area contributed by atoms with Crippen LogP contribution in [-0.4, -0.2) is 17.8 Å². The fourth-order valence-corrected chi connectivity index (χ4v) is 3.72. The minimum atomic E-state index is -0.328. The fraction of sp³-hybridized carbons (Fsp3) is 0.444. The van der Waals surface area contributed by atoms with E-state index in [0.717, 1.165) is 29.7 Å². The maximum absolute atomic E-state index is 11.5. The zero-order chi connectivity index (χ0) is 16.3. The highest BCUT2D eigenvalue weighted by Crippen LogP contribution is 2.36. The van der Waals surface area contributed by atoms with Crippen molar-refractivity contribution in [3.8, 4) is 5.75 Å². The molecule has 23 heavy (non-hydrogen) atoms. The Bertz CT molecular complexity index is 630. The summed E-state index contributed by atoms with van der Waals surface area (Å²) in [4.78, 5) is 23.1. The largest absolute Gasteiger partial charge is 0.493 e. The average Bonchev–Trinajstić information content (AvgIpc) is 2.85. The number of carbonyl (C=O) groups excluding carboxylic acids is 2. The van der Waals surface area contributed by atoms with Gasteiger partial charge in [-0.15, -0.1) is 0 Å². The van der Waals surface area contributed by atoms with Gasteiger partial charge in [0, 0.05) is 5.41 Å². The number of hydrogen-bond donors (Lipinski definition) is 1. The van der Waals surface area contributed by atoms with Gasteiger partial charge < -0.3 is 4.74 Å². The van der Waals surface area contributed by atoms with Crippen molar-refractivity contribution < 1.29 is 14.3 Å². The van der Waals surface area contributed by atoms with E-state index in [1.165, 1.54) is 32.1 Å². The molecule has 0 aromatic heterocycles. The Hall–Kier alpha value is -1.75. The van der Waals surface area contributed by atoms with Gasteiger partial charge in [-0.05, 0) is 48.4 Å². The summed E-state index contributed by atoms with van der Waals surface area (Å²) in [5, 5.41) is 1.93. The number of carbonyl (C=O) groups is 2. The van der Waals surface area contributed by atoms with Crippen molar-refractivity contribution in [3.05, 3.63) is 34.7 Å². The third-order valence-corrected chi connectivity index (χ3v) is 5.28. The van der Waals surface area contributed by atoms with Gasteiger partial charge in [-0.1, -0.05) is 38.3 Å².